The first-order valence-electron chi connectivity index (χ1n) is 9.69. The van der Waals surface area contributed by atoms with Gasteiger partial charge in [0.1, 0.15) is 5.82 Å². The number of nitrogens with zero attached hydrogens (tertiary/aromatic N) is 3. The minimum atomic E-state index is 0.00899. The summed E-state index contributed by atoms with van der Waals surface area (Å²) in [6.07, 6.45) is 2.18. The standard InChI is InChI=1S/C19H25N5O3S/c1-3-28-19-22-21-18(23(19)2)13-5-4-8-24(10-13)11-17(25)20-14-6-7-15-16(9-14)27-12-26-15/h6-7,9,13H,3-5,8,10-12H2,1-2H3,(H,20,25)/p+1/t13-/m1/s1. The van der Waals surface area contributed by atoms with Crippen molar-refractivity contribution in [2.45, 2.75) is 30.8 Å². The lowest BCUT2D eigenvalue weighted by molar-refractivity contribution is -0.898. The second-order valence-electron chi connectivity index (χ2n) is 7.17. The van der Waals surface area contributed by atoms with E-state index < -0.39 is 0 Å². The van der Waals surface area contributed by atoms with Crippen LogP contribution in [0.3, 0.4) is 0 Å². The predicted molar refractivity (Wildman–Crippen MR) is 106 cm³/mol. The van der Waals surface area contributed by atoms with Crippen molar-refractivity contribution < 1.29 is 19.2 Å². The van der Waals surface area contributed by atoms with Gasteiger partial charge in [0.2, 0.25) is 6.79 Å². The topological polar surface area (TPSA) is 82.7 Å². The van der Waals surface area contributed by atoms with Crippen molar-refractivity contribution in [3.8, 4) is 11.5 Å². The molecule has 2 atom stereocenters. The van der Waals surface area contributed by atoms with Gasteiger partial charge in [-0.25, -0.2) is 0 Å². The number of amides is 1. The molecule has 0 radical (unpaired) electrons. The molecule has 0 aliphatic carbocycles. The van der Waals surface area contributed by atoms with Gasteiger partial charge in [-0.05, 0) is 30.7 Å². The van der Waals surface area contributed by atoms with E-state index in [1.807, 2.05) is 19.2 Å². The van der Waals surface area contributed by atoms with Gasteiger partial charge in [0.25, 0.3) is 5.91 Å². The number of benzene rings is 1. The fourth-order valence-corrected chi connectivity index (χ4v) is 4.52. The molecule has 3 heterocycles. The number of carbonyl (C=O) groups is 1. The predicted octanol–water partition coefficient (Wildman–Crippen LogP) is 1.06. The molecular formula is C19H26N5O3S+. The number of rotatable bonds is 6. The molecule has 1 saturated heterocycles. The third-order valence-corrected chi connectivity index (χ3v) is 6.09. The zero-order valence-corrected chi connectivity index (χ0v) is 17.1. The van der Waals surface area contributed by atoms with Gasteiger partial charge >= 0.3 is 0 Å². The van der Waals surface area contributed by atoms with Crippen LogP contribution in [-0.2, 0) is 11.8 Å². The maximum absolute atomic E-state index is 12.5. The molecule has 8 nitrogen and oxygen atoms in total. The number of fused-ring (bicyclic) bond motifs is 1. The Labute approximate surface area is 168 Å². The van der Waals surface area contributed by atoms with Crippen molar-refractivity contribution in [1.29, 1.82) is 0 Å². The van der Waals surface area contributed by atoms with Crippen LogP contribution in [0, 0.1) is 0 Å². The molecule has 0 bridgehead atoms. The molecule has 2 aliphatic heterocycles. The van der Waals surface area contributed by atoms with Crippen LogP contribution >= 0.6 is 11.8 Å². The summed E-state index contributed by atoms with van der Waals surface area (Å²) in [6, 6.07) is 5.47. The molecule has 2 aliphatic rings. The number of aromatic nitrogens is 3. The Bertz CT molecular complexity index is 856. The zero-order chi connectivity index (χ0) is 19.5. The first-order chi connectivity index (χ1) is 13.6. The maximum atomic E-state index is 12.5. The van der Waals surface area contributed by atoms with Crippen LogP contribution < -0.4 is 19.7 Å². The number of hydrogen-bond acceptors (Lipinski definition) is 6. The molecule has 4 rings (SSSR count). The highest BCUT2D eigenvalue weighted by Crippen LogP contribution is 2.34. The van der Waals surface area contributed by atoms with Crippen LogP contribution in [0.1, 0.15) is 31.5 Å². The number of piperidine rings is 1. The van der Waals surface area contributed by atoms with E-state index in [-0.39, 0.29) is 12.7 Å². The summed E-state index contributed by atoms with van der Waals surface area (Å²) < 4.78 is 12.8. The van der Waals surface area contributed by atoms with Crippen LogP contribution in [0.5, 0.6) is 11.5 Å². The smallest absolute Gasteiger partial charge is 0.279 e. The first kappa shape index (κ1) is 19.1. The molecule has 9 heteroatoms. The normalized spacial score (nSPS) is 20.9. The van der Waals surface area contributed by atoms with E-state index >= 15 is 0 Å². The summed E-state index contributed by atoms with van der Waals surface area (Å²) in [5.41, 5.74) is 0.733. The molecule has 28 heavy (non-hydrogen) atoms. The summed E-state index contributed by atoms with van der Waals surface area (Å²) in [4.78, 5) is 13.8. The van der Waals surface area contributed by atoms with Crippen molar-refractivity contribution in [3.63, 3.8) is 0 Å². The molecule has 0 saturated carbocycles. The number of hydrogen-bond donors (Lipinski definition) is 2. The highest BCUT2D eigenvalue weighted by Gasteiger charge is 2.30. The highest BCUT2D eigenvalue weighted by atomic mass is 32.2. The molecule has 2 aromatic rings. The second kappa shape index (κ2) is 8.40. The number of thioether (sulfide) groups is 1. The van der Waals surface area contributed by atoms with E-state index in [2.05, 4.69) is 27.0 Å². The molecule has 1 aromatic carbocycles. The Morgan fingerprint density at radius 2 is 2.21 bits per heavy atom. The van der Waals surface area contributed by atoms with E-state index in [0.29, 0.717) is 24.0 Å². The van der Waals surface area contributed by atoms with Crippen molar-refractivity contribution in [2.75, 3.05) is 37.5 Å². The van der Waals surface area contributed by atoms with E-state index in [4.69, 9.17) is 9.47 Å². The molecule has 0 spiro atoms. The molecule has 1 unspecified atom stereocenters. The van der Waals surface area contributed by atoms with Crippen molar-refractivity contribution in [2.24, 2.45) is 7.05 Å². The quantitative estimate of drug-likeness (QED) is 0.701. The summed E-state index contributed by atoms with van der Waals surface area (Å²) >= 11 is 1.71. The lowest BCUT2D eigenvalue weighted by atomic mass is 9.97. The van der Waals surface area contributed by atoms with E-state index in [1.54, 1.807) is 17.8 Å². The van der Waals surface area contributed by atoms with Crippen LogP contribution in [0.15, 0.2) is 23.4 Å². The molecule has 1 aromatic heterocycles. The van der Waals surface area contributed by atoms with E-state index in [0.717, 1.165) is 48.4 Å². The Morgan fingerprint density at radius 1 is 1.36 bits per heavy atom. The Morgan fingerprint density at radius 3 is 3.07 bits per heavy atom. The minimum absolute atomic E-state index is 0.00899. The fourth-order valence-electron chi connectivity index (χ4n) is 3.87. The Kier molecular flexibility index (Phi) is 5.72. The number of anilines is 1. The summed E-state index contributed by atoms with van der Waals surface area (Å²) in [6.45, 7) is 4.69. The van der Waals surface area contributed by atoms with Crippen molar-refractivity contribution in [3.05, 3.63) is 24.0 Å². The zero-order valence-electron chi connectivity index (χ0n) is 16.2. The highest BCUT2D eigenvalue weighted by molar-refractivity contribution is 7.99. The van der Waals surface area contributed by atoms with Crippen LogP contribution in [0.25, 0.3) is 0 Å². The van der Waals surface area contributed by atoms with Gasteiger partial charge in [-0.1, -0.05) is 18.7 Å². The first-order valence-corrected chi connectivity index (χ1v) is 10.7. The van der Waals surface area contributed by atoms with Gasteiger partial charge < -0.3 is 24.3 Å². The van der Waals surface area contributed by atoms with Crippen molar-refractivity contribution >= 4 is 23.4 Å². The summed E-state index contributed by atoms with van der Waals surface area (Å²) in [7, 11) is 2.04. The summed E-state index contributed by atoms with van der Waals surface area (Å²) in [5, 5.41) is 12.7. The van der Waals surface area contributed by atoms with Gasteiger partial charge in [-0.3, -0.25) is 4.79 Å². The Balaban J connectivity index is 1.35. The number of quaternary nitrogens is 1. The third kappa shape index (κ3) is 4.10. The average Bonchev–Trinajstić information content (AvgIpc) is 3.29. The molecule has 2 N–H and O–H groups in total. The fraction of sp³-hybridized carbons (Fsp3) is 0.526. The second-order valence-corrected chi connectivity index (χ2v) is 8.40. The average molecular weight is 405 g/mol. The molecular weight excluding hydrogens is 378 g/mol. The third-order valence-electron chi connectivity index (χ3n) is 5.19. The van der Waals surface area contributed by atoms with Gasteiger partial charge in [0.05, 0.1) is 19.0 Å². The number of nitrogens with one attached hydrogen (secondary N) is 2. The van der Waals surface area contributed by atoms with Crippen LogP contribution in [0.4, 0.5) is 5.69 Å². The van der Waals surface area contributed by atoms with Gasteiger partial charge in [0, 0.05) is 18.8 Å². The SMILES string of the molecule is CCSc1nnc([C@@H]2CCC[NH+](CC(=O)Nc3ccc4c(c3)OCO4)C2)n1C. The maximum Gasteiger partial charge on any atom is 0.279 e. The van der Waals surface area contributed by atoms with Gasteiger partial charge in [0.15, 0.2) is 23.2 Å². The monoisotopic (exact) mass is 404 g/mol. The van der Waals surface area contributed by atoms with E-state index in [9.17, 15) is 4.79 Å². The van der Waals surface area contributed by atoms with Crippen molar-refractivity contribution in [1.82, 2.24) is 14.8 Å². The van der Waals surface area contributed by atoms with Gasteiger partial charge in [-0.15, -0.1) is 10.2 Å². The molecule has 1 amide bonds. The summed E-state index contributed by atoms with van der Waals surface area (Å²) in [5.74, 6) is 3.75. The number of ether oxygens (including phenoxy) is 2. The minimum Gasteiger partial charge on any atom is -0.454 e. The lowest BCUT2D eigenvalue weighted by Crippen LogP contribution is -3.14. The molecule has 150 valence electrons. The van der Waals surface area contributed by atoms with Gasteiger partial charge in [-0.2, -0.15) is 0 Å². The van der Waals surface area contributed by atoms with Crippen LogP contribution in [-0.4, -0.2) is 52.9 Å². The lowest BCUT2D eigenvalue weighted by Gasteiger charge is -2.28. The Hall–Kier alpha value is -2.26. The number of likely N-dealkylation sites (tertiary alicyclic amines) is 1. The molecule has 1 fully saturated rings. The number of carbonyl (C=O) groups excluding carboxylic acids is 1. The van der Waals surface area contributed by atoms with E-state index in [1.165, 1.54) is 4.90 Å². The largest absolute Gasteiger partial charge is 0.454 e. The van der Waals surface area contributed by atoms with Crippen LogP contribution in [0.2, 0.25) is 0 Å².